The van der Waals surface area contributed by atoms with Crippen LogP contribution in [0.4, 0.5) is 0 Å². The number of aryl methyl sites for hydroxylation is 4. The van der Waals surface area contributed by atoms with Crippen molar-refractivity contribution in [2.24, 2.45) is 0 Å². The average Bonchev–Trinajstić information content (AvgIpc) is 3.52. The summed E-state index contributed by atoms with van der Waals surface area (Å²) in [5.41, 5.74) is 7.70. The van der Waals surface area contributed by atoms with E-state index in [1.54, 1.807) is 0 Å². The Morgan fingerprint density at radius 3 is 1.23 bits per heavy atom. The molecule has 0 aliphatic heterocycles. The van der Waals surface area contributed by atoms with Crippen molar-refractivity contribution in [3.63, 3.8) is 0 Å². The zero-order valence-electron chi connectivity index (χ0n) is 20.4. The van der Waals surface area contributed by atoms with Crippen molar-refractivity contribution in [1.29, 1.82) is 0 Å². The molecule has 4 aromatic carbocycles. The van der Waals surface area contributed by atoms with Crippen molar-refractivity contribution in [1.82, 2.24) is 9.13 Å². The maximum absolute atomic E-state index is 2.25. The van der Waals surface area contributed by atoms with Crippen molar-refractivity contribution in [3.05, 3.63) is 120 Å². The smallest absolute Gasteiger partial charge is 1.00 e. The minimum Gasteiger partial charge on any atom is -1.00 e. The summed E-state index contributed by atoms with van der Waals surface area (Å²) in [6, 6.07) is 30.3. The largest absolute Gasteiger partial charge is 4.00 e. The SMILES string of the molecule is Cc1cc(C)n(-c2cc3ccccc3[cH-]2)c1.Cc1cc(C)n(-c2cc3ccccc3[cH-]2)c1.[Cl-].[Cl-].[Ti+4]. The van der Waals surface area contributed by atoms with Gasteiger partial charge in [-0.25, -0.2) is 0 Å². The minimum atomic E-state index is 0. The first-order chi connectivity index (χ1) is 15.5. The van der Waals surface area contributed by atoms with Gasteiger partial charge in [-0.1, -0.05) is 12.1 Å². The topological polar surface area (TPSA) is 9.86 Å². The van der Waals surface area contributed by atoms with Crippen LogP contribution < -0.4 is 24.8 Å². The van der Waals surface area contributed by atoms with Crippen LogP contribution in [0.1, 0.15) is 22.5 Å². The summed E-state index contributed by atoms with van der Waals surface area (Å²) in [4.78, 5) is 0. The van der Waals surface area contributed by atoms with E-state index in [1.807, 2.05) is 0 Å². The summed E-state index contributed by atoms with van der Waals surface area (Å²) in [6.45, 7) is 8.55. The van der Waals surface area contributed by atoms with E-state index < -0.39 is 0 Å². The molecule has 2 nitrogen and oxygen atoms in total. The van der Waals surface area contributed by atoms with Gasteiger partial charge in [0.1, 0.15) is 0 Å². The Morgan fingerprint density at radius 2 is 0.914 bits per heavy atom. The normalized spacial score (nSPS) is 10.2. The molecule has 0 bridgehead atoms. The minimum absolute atomic E-state index is 0. The predicted molar refractivity (Wildman–Crippen MR) is 137 cm³/mol. The summed E-state index contributed by atoms with van der Waals surface area (Å²) >= 11 is 0. The Labute approximate surface area is 235 Å². The third kappa shape index (κ3) is 6.02. The molecule has 0 amide bonds. The van der Waals surface area contributed by atoms with Crippen molar-refractivity contribution in [2.45, 2.75) is 27.7 Å². The van der Waals surface area contributed by atoms with E-state index in [9.17, 15) is 0 Å². The predicted octanol–water partition coefficient (Wildman–Crippen LogP) is 1.94. The van der Waals surface area contributed by atoms with Crippen LogP contribution in [0.2, 0.25) is 0 Å². The molecule has 0 N–H and O–H groups in total. The Bertz CT molecular complexity index is 1350. The van der Waals surface area contributed by atoms with Gasteiger partial charge in [0.15, 0.2) is 0 Å². The van der Waals surface area contributed by atoms with Gasteiger partial charge in [0, 0.05) is 23.8 Å². The van der Waals surface area contributed by atoms with E-state index in [0.29, 0.717) is 0 Å². The molecule has 0 aliphatic rings. The van der Waals surface area contributed by atoms with Gasteiger partial charge in [0.25, 0.3) is 0 Å². The average molecular weight is 535 g/mol. The Balaban J connectivity index is 0.000000227. The van der Waals surface area contributed by atoms with Crippen LogP contribution in [0.25, 0.3) is 32.9 Å². The van der Waals surface area contributed by atoms with Crippen LogP contribution in [-0.4, -0.2) is 9.13 Å². The van der Waals surface area contributed by atoms with E-state index in [-0.39, 0.29) is 46.5 Å². The fourth-order valence-corrected chi connectivity index (χ4v) is 4.59. The molecule has 6 aromatic rings. The molecular weight excluding hydrogens is 507 g/mol. The van der Waals surface area contributed by atoms with Crippen LogP contribution >= 0.6 is 0 Å². The zero-order chi connectivity index (χ0) is 22.2. The third-order valence-corrected chi connectivity index (χ3v) is 6.06. The molecule has 2 aromatic heterocycles. The van der Waals surface area contributed by atoms with Crippen molar-refractivity contribution in [2.75, 3.05) is 0 Å². The van der Waals surface area contributed by atoms with Gasteiger partial charge in [0.05, 0.1) is 0 Å². The van der Waals surface area contributed by atoms with Crippen LogP contribution in [-0.2, 0) is 21.7 Å². The van der Waals surface area contributed by atoms with Crippen molar-refractivity contribution >= 4 is 21.5 Å². The summed E-state index contributed by atoms with van der Waals surface area (Å²) in [7, 11) is 0. The molecule has 0 atom stereocenters. The Hall–Kier alpha value is -2.49. The van der Waals surface area contributed by atoms with Gasteiger partial charge >= 0.3 is 21.7 Å². The van der Waals surface area contributed by atoms with Gasteiger partial charge in [-0.3, -0.25) is 0 Å². The number of hydrogen-bond acceptors (Lipinski definition) is 0. The van der Waals surface area contributed by atoms with Crippen LogP contribution in [0.5, 0.6) is 0 Å². The maximum Gasteiger partial charge on any atom is 4.00 e. The first kappa shape index (κ1) is 28.7. The Morgan fingerprint density at radius 1 is 0.543 bits per heavy atom. The molecule has 0 unspecified atom stereocenters. The summed E-state index contributed by atoms with van der Waals surface area (Å²) in [5, 5.41) is 5.23. The fourth-order valence-electron chi connectivity index (χ4n) is 4.59. The molecule has 0 saturated carbocycles. The molecule has 0 radical (unpaired) electrons. The van der Waals surface area contributed by atoms with E-state index in [1.165, 1.54) is 55.4 Å². The summed E-state index contributed by atoms with van der Waals surface area (Å²) in [5.74, 6) is 0. The first-order valence-corrected chi connectivity index (χ1v) is 11.1. The number of rotatable bonds is 2. The number of benzene rings is 2. The molecule has 5 heteroatoms. The molecule has 0 fully saturated rings. The number of halogens is 2. The molecule has 6 rings (SSSR count). The summed E-state index contributed by atoms with van der Waals surface area (Å²) < 4.78 is 4.49. The second-order valence-electron chi connectivity index (χ2n) is 8.74. The van der Waals surface area contributed by atoms with Gasteiger partial charge in [-0.15, -0.1) is 82.2 Å². The van der Waals surface area contributed by atoms with Crippen molar-refractivity contribution < 1.29 is 46.5 Å². The quantitative estimate of drug-likeness (QED) is 0.237. The molecular formula is C30H28Cl2N2Ti. The van der Waals surface area contributed by atoms with E-state index in [2.05, 4.69) is 134 Å². The maximum atomic E-state index is 2.25. The van der Waals surface area contributed by atoms with E-state index in [4.69, 9.17) is 0 Å². The molecule has 35 heavy (non-hydrogen) atoms. The second-order valence-corrected chi connectivity index (χ2v) is 8.74. The molecule has 2 heterocycles. The molecule has 0 spiro atoms. The standard InChI is InChI=1S/2C15H14N.2ClH.Ti/c2*1-11-7-12(2)16(10-11)15-8-13-5-3-4-6-14(13)9-15;;;/h2*3-10H,1-2H3;2*1H;/q2*-1;;;+4/p-2. The number of aromatic nitrogens is 2. The number of hydrogen-bond donors (Lipinski definition) is 0. The first-order valence-electron chi connectivity index (χ1n) is 11.1. The summed E-state index contributed by atoms with van der Waals surface area (Å²) in [6.07, 6.45) is 4.37. The molecule has 0 aliphatic carbocycles. The second kappa shape index (κ2) is 12.0. The van der Waals surface area contributed by atoms with Crippen LogP contribution in [0, 0.1) is 27.7 Å². The van der Waals surface area contributed by atoms with Gasteiger partial charge in [-0.05, 0) is 62.3 Å². The van der Waals surface area contributed by atoms with Gasteiger partial charge in [-0.2, -0.15) is 0 Å². The van der Waals surface area contributed by atoms with Crippen LogP contribution in [0.15, 0.2) is 97.3 Å². The Kier molecular flexibility index (Phi) is 9.83. The zero-order valence-corrected chi connectivity index (χ0v) is 23.5. The van der Waals surface area contributed by atoms with Gasteiger partial charge < -0.3 is 33.9 Å². The third-order valence-electron chi connectivity index (χ3n) is 6.06. The fraction of sp³-hybridized carbons (Fsp3) is 0.133. The monoisotopic (exact) mass is 534 g/mol. The molecule has 176 valence electrons. The van der Waals surface area contributed by atoms with E-state index in [0.717, 1.165) is 0 Å². The number of fused-ring (bicyclic) bond motifs is 2. The molecule has 0 saturated heterocycles. The number of nitrogens with zero attached hydrogens (tertiary/aromatic N) is 2. The van der Waals surface area contributed by atoms with E-state index >= 15 is 0 Å². The van der Waals surface area contributed by atoms with Crippen LogP contribution in [0.3, 0.4) is 0 Å². The van der Waals surface area contributed by atoms with Gasteiger partial charge in [0.2, 0.25) is 0 Å². The van der Waals surface area contributed by atoms with Crippen molar-refractivity contribution in [3.8, 4) is 11.4 Å².